The van der Waals surface area contributed by atoms with E-state index < -0.39 is 0 Å². The second-order valence-electron chi connectivity index (χ2n) is 5.61. The van der Waals surface area contributed by atoms with Crippen LogP contribution in [0, 0.1) is 13.8 Å². The van der Waals surface area contributed by atoms with Gasteiger partial charge in [0.15, 0.2) is 5.76 Å². The highest BCUT2D eigenvalue weighted by molar-refractivity contribution is 6.42. The molecule has 2 amide bonds. The summed E-state index contributed by atoms with van der Waals surface area (Å²) in [6.45, 7) is 4.91. The minimum absolute atomic E-state index is 0.210. The van der Waals surface area contributed by atoms with E-state index in [0.717, 1.165) is 5.56 Å². The fourth-order valence-electron chi connectivity index (χ4n) is 2.60. The Labute approximate surface area is 149 Å². The quantitative estimate of drug-likeness (QED) is 0.860. The number of nitrogens with zero attached hydrogens (tertiary/aromatic N) is 2. The van der Waals surface area contributed by atoms with Crippen molar-refractivity contribution in [2.75, 3.05) is 25.0 Å². The Kier molecular flexibility index (Phi) is 4.99. The third kappa shape index (κ3) is 3.50. The van der Waals surface area contributed by atoms with Crippen LogP contribution >= 0.6 is 23.2 Å². The van der Waals surface area contributed by atoms with E-state index in [0.29, 0.717) is 46.9 Å². The molecule has 3 rings (SSSR count). The predicted octanol–water partition coefficient (Wildman–Crippen LogP) is 4.20. The highest BCUT2D eigenvalue weighted by atomic mass is 35.5. The number of morpholine rings is 1. The normalized spacial score (nSPS) is 17.8. The minimum Gasteiger partial charge on any atom is -0.370 e. The standard InChI is InChI=1S/C16H17Cl2N3O3/c1-9-15(10(2)24-20-9)19-16(22)21-5-6-23-14(8-21)11-3-4-12(17)13(18)7-11/h3-4,7,14H,5-6,8H2,1-2H3,(H,19,22)/t14-/m1/s1. The number of urea groups is 1. The van der Waals surface area contributed by atoms with Crippen molar-refractivity contribution in [2.45, 2.75) is 20.0 Å². The van der Waals surface area contributed by atoms with Crippen molar-refractivity contribution in [3.05, 3.63) is 45.3 Å². The molecule has 8 heteroatoms. The van der Waals surface area contributed by atoms with E-state index in [1.807, 2.05) is 6.07 Å². The Hall–Kier alpha value is -1.76. The summed E-state index contributed by atoms with van der Waals surface area (Å²) in [5.74, 6) is 0.579. The van der Waals surface area contributed by atoms with Gasteiger partial charge in [0, 0.05) is 6.54 Å². The van der Waals surface area contributed by atoms with E-state index in [9.17, 15) is 4.79 Å². The summed E-state index contributed by atoms with van der Waals surface area (Å²) < 4.78 is 10.8. The van der Waals surface area contributed by atoms with Crippen molar-refractivity contribution in [3.63, 3.8) is 0 Å². The number of hydrogen-bond acceptors (Lipinski definition) is 4. The minimum atomic E-state index is -0.246. The van der Waals surface area contributed by atoms with E-state index in [4.69, 9.17) is 32.5 Å². The van der Waals surface area contributed by atoms with E-state index in [2.05, 4.69) is 10.5 Å². The fraction of sp³-hybridized carbons (Fsp3) is 0.375. The third-order valence-corrected chi connectivity index (χ3v) is 4.67. The highest BCUT2D eigenvalue weighted by Gasteiger charge is 2.27. The van der Waals surface area contributed by atoms with Crippen molar-refractivity contribution in [1.29, 1.82) is 0 Å². The summed E-state index contributed by atoms with van der Waals surface area (Å²) >= 11 is 12.0. The summed E-state index contributed by atoms with van der Waals surface area (Å²) in [7, 11) is 0. The van der Waals surface area contributed by atoms with Crippen LogP contribution < -0.4 is 5.32 Å². The lowest BCUT2D eigenvalue weighted by Gasteiger charge is -2.33. The Morgan fingerprint density at radius 2 is 2.12 bits per heavy atom. The van der Waals surface area contributed by atoms with E-state index in [1.54, 1.807) is 30.9 Å². The van der Waals surface area contributed by atoms with Crippen molar-refractivity contribution in [3.8, 4) is 0 Å². The van der Waals surface area contributed by atoms with Crippen molar-refractivity contribution in [1.82, 2.24) is 10.1 Å². The maximum atomic E-state index is 12.5. The molecule has 1 saturated heterocycles. The topological polar surface area (TPSA) is 67.6 Å². The van der Waals surface area contributed by atoms with Crippen molar-refractivity contribution in [2.24, 2.45) is 0 Å². The Morgan fingerprint density at radius 1 is 1.33 bits per heavy atom. The number of carbonyl (C=O) groups is 1. The predicted molar refractivity (Wildman–Crippen MR) is 91.7 cm³/mol. The number of rotatable bonds is 2. The van der Waals surface area contributed by atoms with Crippen LogP contribution in [0.5, 0.6) is 0 Å². The van der Waals surface area contributed by atoms with Gasteiger partial charge in [-0.05, 0) is 31.5 Å². The lowest BCUT2D eigenvalue weighted by Crippen LogP contribution is -2.44. The van der Waals surface area contributed by atoms with Gasteiger partial charge in [-0.15, -0.1) is 0 Å². The zero-order chi connectivity index (χ0) is 17.3. The molecule has 0 saturated carbocycles. The zero-order valence-corrected chi connectivity index (χ0v) is 14.8. The molecule has 6 nitrogen and oxygen atoms in total. The zero-order valence-electron chi connectivity index (χ0n) is 13.3. The fourth-order valence-corrected chi connectivity index (χ4v) is 2.90. The van der Waals surface area contributed by atoms with Gasteiger partial charge in [0.2, 0.25) is 0 Å². The first-order valence-corrected chi connectivity index (χ1v) is 8.26. The molecule has 1 atom stereocenters. The first-order chi connectivity index (χ1) is 11.5. The number of benzene rings is 1. The molecule has 1 fully saturated rings. The van der Waals surface area contributed by atoms with Gasteiger partial charge in [0.25, 0.3) is 0 Å². The summed E-state index contributed by atoms with van der Waals surface area (Å²) in [6.07, 6.45) is -0.246. The van der Waals surface area contributed by atoms with Crippen LogP contribution in [0.2, 0.25) is 10.0 Å². The van der Waals surface area contributed by atoms with Crippen LogP contribution in [0.15, 0.2) is 22.7 Å². The molecule has 0 bridgehead atoms. The second-order valence-corrected chi connectivity index (χ2v) is 6.42. The average molecular weight is 370 g/mol. The Bertz CT molecular complexity index is 744. The molecule has 0 aliphatic carbocycles. The van der Waals surface area contributed by atoms with Crippen molar-refractivity contribution < 1.29 is 14.1 Å². The number of amides is 2. The summed E-state index contributed by atoms with van der Waals surface area (Å²) in [6, 6.07) is 5.14. The number of hydrogen-bond donors (Lipinski definition) is 1. The molecule has 0 spiro atoms. The molecule has 1 aliphatic heterocycles. The van der Waals surface area contributed by atoms with Gasteiger partial charge in [0.1, 0.15) is 17.5 Å². The molecule has 128 valence electrons. The number of anilines is 1. The molecule has 1 aliphatic rings. The third-order valence-electron chi connectivity index (χ3n) is 3.93. The van der Waals surface area contributed by atoms with Crippen LogP contribution in [-0.2, 0) is 4.74 Å². The van der Waals surface area contributed by atoms with E-state index in [1.165, 1.54) is 0 Å². The van der Waals surface area contributed by atoms with Gasteiger partial charge < -0.3 is 19.5 Å². The van der Waals surface area contributed by atoms with Crippen LogP contribution in [0.1, 0.15) is 23.1 Å². The summed E-state index contributed by atoms with van der Waals surface area (Å²) in [4.78, 5) is 14.2. The highest BCUT2D eigenvalue weighted by Crippen LogP contribution is 2.29. The van der Waals surface area contributed by atoms with Gasteiger partial charge in [-0.2, -0.15) is 0 Å². The number of halogens is 2. The number of carbonyl (C=O) groups excluding carboxylic acids is 1. The maximum absolute atomic E-state index is 12.5. The van der Waals surface area contributed by atoms with Crippen LogP contribution in [0.4, 0.5) is 10.5 Å². The number of ether oxygens (including phenoxy) is 1. The molecule has 0 unspecified atom stereocenters. The van der Waals surface area contributed by atoms with Crippen LogP contribution in [0.3, 0.4) is 0 Å². The number of nitrogens with one attached hydrogen (secondary N) is 1. The lowest BCUT2D eigenvalue weighted by molar-refractivity contribution is -0.0135. The SMILES string of the molecule is Cc1noc(C)c1NC(=O)N1CCO[C@@H](c2ccc(Cl)c(Cl)c2)C1. The monoisotopic (exact) mass is 369 g/mol. The molecule has 2 heterocycles. The molecule has 0 radical (unpaired) electrons. The van der Waals surface area contributed by atoms with Gasteiger partial charge in [0.05, 0.1) is 23.2 Å². The summed E-state index contributed by atoms with van der Waals surface area (Å²) in [5, 5.41) is 7.64. The molecule has 1 aromatic carbocycles. The second kappa shape index (κ2) is 7.01. The molecule has 2 aromatic rings. The summed E-state index contributed by atoms with van der Waals surface area (Å²) in [5.41, 5.74) is 2.15. The van der Waals surface area contributed by atoms with Crippen LogP contribution in [-0.4, -0.2) is 35.8 Å². The first-order valence-electron chi connectivity index (χ1n) is 7.51. The van der Waals surface area contributed by atoms with Crippen LogP contribution in [0.25, 0.3) is 0 Å². The van der Waals surface area contributed by atoms with Gasteiger partial charge in [-0.1, -0.05) is 34.4 Å². The largest absolute Gasteiger partial charge is 0.370 e. The van der Waals surface area contributed by atoms with Gasteiger partial charge >= 0.3 is 6.03 Å². The molecule has 24 heavy (non-hydrogen) atoms. The molecular weight excluding hydrogens is 353 g/mol. The first kappa shape index (κ1) is 17.1. The number of aryl methyl sites for hydroxylation is 2. The number of aromatic nitrogens is 1. The van der Waals surface area contributed by atoms with Gasteiger partial charge in [-0.25, -0.2) is 4.79 Å². The molecule has 1 N–H and O–H groups in total. The molecule has 1 aromatic heterocycles. The smallest absolute Gasteiger partial charge is 0.322 e. The van der Waals surface area contributed by atoms with E-state index >= 15 is 0 Å². The van der Waals surface area contributed by atoms with E-state index in [-0.39, 0.29) is 12.1 Å². The lowest BCUT2D eigenvalue weighted by atomic mass is 10.1. The van der Waals surface area contributed by atoms with Crippen molar-refractivity contribution >= 4 is 34.9 Å². The van der Waals surface area contributed by atoms with Gasteiger partial charge in [-0.3, -0.25) is 0 Å². The Balaban J connectivity index is 1.71. The Morgan fingerprint density at radius 3 is 2.79 bits per heavy atom. The average Bonchev–Trinajstić information content (AvgIpc) is 2.89. The molecular formula is C16H17Cl2N3O3. The maximum Gasteiger partial charge on any atom is 0.322 e.